The second-order valence-electron chi connectivity index (χ2n) is 11.8. The van der Waals surface area contributed by atoms with E-state index < -0.39 is 6.04 Å². The molecule has 1 atom stereocenters. The third kappa shape index (κ3) is 5.19. The highest BCUT2D eigenvalue weighted by Gasteiger charge is 2.43. The molecule has 200 valence electrons. The van der Waals surface area contributed by atoms with E-state index in [4.69, 9.17) is 0 Å². The van der Waals surface area contributed by atoms with Crippen LogP contribution in [0.3, 0.4) is 0 Å². The molecule has 5 rings (SSSR count). The summed E-state index contributed by atoms with van der Waals surface area (Å²) in [5, 5.41) is 2.99. The SMILES string of the molecule is CN1C(=O)N[C@@H](c2ccc(C(C)(C)C)cc2)C2=C1CN(CC(=O)N1CCC(Cc3ccccc3)CC1)C2=O. The highest BCUT2D eigenvalue weighted by Crippen LogP contribution is 2.36. The minimum Gasteiger partial charge on any atom is -0.341 e. The number of nitrogens with one attached hydrogen (secondary N) is 1. The fraction of sp³-hybridized carbons (Fsp3) is 0.452. The van der Waals surface area contributed by atoms with E-state index in [9.17, 15) is 14.4 Å². The maximum Gasteiger partial charge on any atom is 0.322 e. The lowest BCUT2D eigenvalue weighted by molar-refractivity contribution is -0.138. The van der Waals surface area contributed by atoms with E-state index in [-0.39, 0.29) is 36.3 Å². The summed E-state index contributed by atoms with van der Waals surface area (Å²) < 4.78 is 0. The molecule has 0 aliphatic carbocycles. The van der Waals surface area contributed by atoms with Crippen molar-refractivity contribution in [1.29, 1.82) is 0 Å². The van der Waals surface area contributed by atoms with Crippen molar-refractivity contribution < 1.29 is 14.4 Å². The third-order valence-electron chi connectivity index (χ3n) is 8.21. The van der Waals surface area contributed by atoms with Crippen LogP contribution in [0.4, 0.5) is 4.79 Å². The average molecular weight is 515 g/mol. The molecule has 0 unspecified atom stereocenters. The molecule has 1 N–H and O–H groups in total. The van der Waals surface area contributed by atoms with Gasteiger partial charge in [-0.2, -0.15) is 0 Å². The summed E-state index contributed by atoms with van der Waals surface area (Å²) in [6, 6.07) is 17.8. The lowest BCUT2D eigenvalue weighted by atomic mass is 9.85. The van der Waals surface area contributed by atoms with Crippen molar-refractivity contribution >= 4 is 17.8 Å². The largest absolute Gasteiger partial charge is 0.341 e. The van der Waals surface area contributed by atoms with E-state index in [1.54, 1.807) is 11.9 Å². The van der Waals surface area contributed by atoms with Gasteiger partial charge in [0.15, 0.2) is 0 Å². The van der Waals surface area contributed by atoms with Crippen LogP contribution < -0.4 is 5.32 Å². The van der Waals surface area contributed by atoms with Gasteiger partial charge in [0.05, 0.1) is 23.9 Å². The monoisotopic (exact) mass is 514 g/mol. The topological polar surface area (TPSA) is 73.0 Å². The average Bonchev–Trinajstić information content (AvgIpc) is 3.22. The Balaban J connectivity index is 1.24. The van der Waals surface area contributed by atoms with Gasteiger partial charge in [0.2, 0.25) is 5.91 Å². The summed E-state index contributed by atoms with van der Waals surface area (Å²) in [5.41, 5.74) is 4.64. The van der Waals surface area contributed by atoms with E-state index in [1.807, 2.05) is 23.1 Å². The molecule has 3 heterocycles. The maximum atomic E-state index is 13.6. The van der Waals surface area contributed by atoms with Crippen molar-refractivity contribution in [2.75, 3.05) is 33.2 Å². The van der Waals surface area contributed by atoms with E-state index in [2.05, 4.69) is 62.5 Å². The molecular weight excluding hydrogens is 476 g/mol. The molecule has 0 spiro atoms. The fourth-order valence-electron chi connectivity index (χ4n) is 5.77. The van der Waals surface area contributed by atoms with E-state index in [0.717, 1.165) is 24.8 Å². The van der Waals surface area contributed by atoms with Gasteiger partial charge in [-0.15, -0.1) is 0 Å². The summed E-state index contributed by atoms with van der Waals surface area (Å²) in [5.74, 6) is 0.369. The molecule has 0 bridgehead atoms. The Morgan fingerprint density at radius 1 is 0.974 bits per heavy atom. The number of benzene rings is 2. The fourth-order valence-corrected chi connectivity index (χ4v) is 5.77. The second kappa shape index (κ2) is 10.3. The van der Waals surface area contributed by atoms with Crippen molar-refractivity contribution in [3.05, 3.63) is 82.6 Å². The van der Waals surface area contributed by atoms with Crippen LogP contribution in [-0.2, 0) is 21.4 Å². The minimum absolute atomic E-state index is 0.00927. The summed E-state index contributed by atoms with van der Waals surface area (Å²) in [4.78, 5) is 44.6. The smallest absolute Gasteiger partial charge is 0.322 e. The second-order valence-corrected chi connectivity index (χ2v) is 11.8. The Bertz CT molecular complexity index is 1240. The zero-order chi connectivity index (χ0) is 27.0. The molecule has 3 aliphatic rings. The van der Waals surface area contributed by atoms with E-state index >= 15 is 0 Å². The van der Waals surface area contributed by atoms with Gasteiger partial charge >= 0.3 is 6.03 Å². The molecule has 7 heteroatoms. The molecule has 0 saturated carbocycles. The van der Waals surface area contributed by atoms with Crippen LogP contribution in [0, 0.1) is 5.92 Å². The van der Waals surface area contributed by atoms with Crippen LogP contribution in [0.5, 0.6) is 0 Å². The van der Waals surface area contributed by atoms with Gasteiger partial charge in [0.25, 0.3) is 5.91 Å². The first-order valence-electron chi connectivity index (χ1n) is 13.6. The standard InChI is InChI=1S/C31H38N4O3/c1-31(2,3)24-12-10-23(11-13-24)28-27-25(33(4)30(38)32-28)19-35(29(27)37)20-26(36)34-16-14-22(15-17-34)18-21-8-6-5-7-9-21/h5-13,22,28H,14-20H2,1-4H3,(H,32,38)/t28-/m0/s1. The van der Waals surface area contributed by atoms with Gasteiger partial charge in [-0.3, -0.25) is 14.5 Å². The third-order valence-corrected chi connectivity index (χ3v) is 8.21. The lowest BCUT2D eigenvalue weighted by Crippen LogP contribution is -2.45. The van der Waals surface area contributed by atoms with Gasteiger partial charge in [0.1, 0.15) is 6.54 Å². The van der Waals surface area contributed by atoms with Gasteiger partial charge in [-0.25, -0.2) is 4.79 Å². The van der Waals surface area contributed by atoms with Crippen molar-refractivity contribution in [1.82, 2.24) is 20.0 Å². The Morgan fingerprint density at radius 3 is 2.26 bits per heavy atom. The predicted molar refractivity (Wildman–Crippen MR) is 147 cm³/mol. The minimum atomic E-state index is -0.524. The molecule has 1 fully saturated rings. The number of rotatable bonds is 5. The van der Waals surface area contributed by atoms with Crippen molar-refractivity contribution in [3.63, 3.8) is 0 Å². The first kappa shape index (κ1) is 26.0. The van der Waals surface area contributed by atoms with Gasteiger partial charge in [-0.1, -0.05) is 75.4 Å². The number of hydrogen-bond acceptors (Lipinski definition) is 3. The molecule has 1 saturated heterocycles. The molecule has 2 aromatic rings. The van der Waals surface area contributed by atoms with Gasteiger partial charge in [0, 0.05) is 20.1 Å². The van der Waals surface area contributed by atoms with Gasteiger partial charge < -0.3 is 15.1 Å². The van der Waals surface area contributed by atoms with Crippen LogP contribution in [0.2, 0.25) is 0 Å². The Hall–Kier alpha value is -3.61. The summed E-state index contributed by atoms with van der Waals surface area (Å²) in [7, 11) is 1.68. The normalized spacial score (nSPS) is 20.6. The zero-order valence-electron chi connectivity index (χ0n) is 22.9. The molecule has 2 aromatic carbocycles. The van der Waals surface area contributed by atoms with Crippen molar-refractivity contribution in [2.24, 2.45) is 5.92 Å². The number of likely N-dealkylation sites (tertiary alicyclic amines) is 1. The predicted octanol–water partition coefficient (Wildman–Crippen LogP) is 4.26. The highest BCUT2D eigenvalue weighted by atomic mass is 16.2. The van der Waals surface area contributed by atoms with Crippen LogP contribution >= 0.6 is 0 Å². The first-order valence-corrected chi connectivity index (χ1v) is 13.6. The number of likely N-dealkylation sites (N-methyl/N-ethyl adjacent to an activating group) is 1. The number of piperidine rings is 1. The molecule has 3 aliphatic heterocycles. The van der Waals surface area contributed by atoms with Crippen LogP contribution in [-0.4, -0.2) is 65.8 Å². The Kier molecular flexibility index (Phi) is 7.03. The number of carbonyl (C=O) groups excluding carboxylic acids is 3. The molecule has 7 nitrogen and oxygen atoms in total. The molecule has 38 heavy (non-hydrogen) atoms. The number of urea groups is 1. The molecule has 0 radical (unpaired) electrons. The number of nitrogens with zero attached hydrogens (tertiary/aromatic N) is 3. The summed E-state index contributed by atoms with van der Waals surface area (Å²) in [6.45, 7) is 8.20. The number of amides is 4. The Morgan fingerprint density at radius 2 is 1.63 bits per heavy atom. The van der Waals surface area contributed by atoms with Crippen LogP contribution in [0.25, 0.3) is 0 Å². The highest BCUT2D eigenvalue weighted by molar-refractivity contribution is 6.02. The molecule has 4 amide bonds. The van der Waals surface area contributed by atoms with Gasteiger partial charge in [-0.05, 0) is 47.3 Å². The maximum absolute atomic E-state index is 13.6. The number of hydrogen-bond donors (Lipinski definition) is 1. The molecular formula is C31H38N4O3. The van der Waals surface area contributed by atoms with Crippen LogP contribution in [0.1, 0.15) is 56.3 Å². The first-order chi connectivity index (χ1) is 18.1. The lowest BCUT2D eigenvalue weighted by Gasteiger charge is -2.33. The molecule has 0 aromatic heterocycles. The zero-order valence-corrected chi connectivity index (χ0v) is 22.9. The summed E-state index contributed by atoms with van der Waals surface area (Å²) >= 11 is 0. The van der Waals surface area contributed by atoms with E-state index in [0.29, 0.717) is 30.3 Å². The van der Waals surface area contributed by atoms with Crippen LogP contribution in [0.15, 0.2) is 65.9 Å². The Labute approximate surface area is 225 Å². The van der Waals surface area contributed by atoms with E-state index in [1.165, 1.54) is 16.0 Å². The summed E-state index contributed by atoms with van der Waals surface area (Å²) in [6.07, 6.45) is 2.98. The van der Waals surface area contributed by atoms with Crippen molar-refractivity contribution in [2.45, 2.75) is 51.5 Å². The number of carbonyl (C=O) groups is 3. The quantitative estimate of drug-likeness (QED) is 0.648. The van der Waals surface area contributed by atoms with Crippen molar-refractivity contribution in [3.8, 4) is 0 Å².